The summed E-state index contributed by atoms with van der Waals surface area (Å²) in [5, 5.41) is 21.7. The zero-order valence-electron chi connectivity index (χ0n) is 15.4. The number of carbonyl (C=O) groups excluding carboxylic acids is 1. The summed E-state index contributed by atoms with van der Waals surface area (Å²) in [5.41, 5.74) is -0.684. The van der Waals surface area contributed by atoms with Crippen molar-refractivity contribution in [3.05, 3.63) is 12.2 Å². The first kappa shape index (κ1) is 18.1. The highest BCUT2D eigenvalue weighted by atomic mass is 16.5. The third-order valence-electron chi connectivity index (χ3n) is 6.79. The molecule has 2 N–H and O–H groups in total. The third-order valence-corrected chi connectivity index (χ3v) is 6.79. The molecule has 3 fully saturated rings. The van der Waals surface area contributed by atoms with E-state index in [-0.39, 0.29) is 36.1 Å². The fraction of sp³-hybridized carbons (Fsp3) is 0.850. The molecule has 0 spiro atoms. The quantitative estimate of drug-likeness (QED) is 0.723. The molecule has 0 aromatic carbocycles. The largest absolute Gasteiger partial charge is 0.393 e. The standard InChI is InChI=1S/C20H32O4/c1-11(2)13-7-6-12(3)15-8-9-20(5,24-15)16-14(21)10-19(4,23)17(16)18(13)22/h11,13-17,21,23H,3,6-10H2,1-2,4-5H3/t13?,14-,15+,16+,17+,19+,20-/m0/s1. The van der Waals surface area contributed by atoms with Crippen molar-refractivity contribution in [3.63, 3.8) is 0 Å². The smallest absolute Gasteiger partial charge is 0.142 e. The van der Waals surface area contributed by atoms with Crippen LogP contribution < -0.4 is 0 Å². The molecule has 1 saturated carbocycles. The lowest BCUT2D eigenvalue weighted by molar-refractivity contribution is -0.150. The van der Waals surface area contributed by atoms with Crippen molar-refractivity contribution in [3.8, 4) is 0 Å². The zero-order chi connectivity index (χ0) is 17.9. The van der Waals surface area contributed by atoms with E-state index in [1.807, 2.05) is 6.92 Å². The van der Waals surface area contributed by atoms with E-state index in [1.54, 1.807) is 6.92 Å². The maximum atomic E-state index is 13.4. The Labute approximate surface area is 145 Å². The number of hydrogen-bond donors (Lipinski definition) is 2. The van der Waals surface area contributed by atoms with E-state index in [2.05, 4.69) is 20.4 Å². The average molecular weight is 336 g/mol. The van der Waals surface area contributed by atoms with Gasteiger partial charge in [-0.05, 0) is 51.0 Å². The van der Waals surface area contributed by atoms with Crippen molar-refractivity contribution in [2.75, 3.05) is 0 Å². The molecule has 3 rings (SSSR count). The van der Waals surface area contributed by atoms with E-state index in [0.29, 0.717) is 0 Å². The minimum absolute atomic E-state index is 0.00872. The molecule has 1 aliphatic carbocycles. The van der Waals surface area contributed by atoms with E-state index in [1.165, 1.54) is 0 Å². The summed E-state index contributed by atoms with van der Waals surface area (Å²) in [6.07, 6.45) is 2.76. The van der Waals surface area contributed by atoms with Gasteiger partial charge in [0.1, 0.15) is 5.78 Å². The number of aliphatic hydroxyl groups is 2. The van der Waals surface area contributed by atoms with Gasteiger partial charge in [-0.15, -0.1) is 0 Å². The number of fused-ring (bicyclic) bond motifs is 4. The number of aliphatic hydroxyl groups excluding tert-OH is 1. The Morgan fingerprint density at radius 1 is 1.29 bits per heavy atom. The molecule has 4 nitrogen and oxygen atoms in total. The van der Waals surface area contributed by atoms with Crippen LogP contribution in [0.3, 0.4) is 0 Å². The van der Waals surface area contributed by atoms with Gasteiger partial charge in [-0.1, -0.05) is 20.4 Å². The van der Waals surface area contributed by atoms with Crippen LogP contribution in [0.1, 0.15) is 59.8 Å². The highest BCUT2D eigenvalue weighted by Gasteiger charge is 2.62. The second-order valence-corrected chi connectivity index (χ2v) is 9.04. The van der Waals surface area contributed by atoms with Crippen molar-refractivity contribution >= 4 is 5.78 Å². The molecule has 4 heteroatoms. The highest BCUT2D eigenvalue weighted by Crippen LogP contribution is 2.53. The fourth-order valence-corrected chi connectivity index (χ4v) is 5.46. The van der Waals surface area contributed by atoms with Crippen LogP contribution in [0.4, 0.5) is 0 Å². The SMILES string of the molecule is C=C1CCC(C(C)C)C(=O)[C@H]2[C@@H]([C@@H](O)C[C@@]2(C)O)[C@]2(C)CC[C@H]1O2. The van der Waals surface area contributed by atoms with Gasteiger partial charge in [0, 0.05) is 18.3 Å². The zero-order valence-corrected chi connectivity index (χ0v) is 15.4. The maximum Gasteiger partial charge on any atom is 0.142 e. The molecule has 2 aliphatic heterocycles. The lowest BCUT2D eigenvalue weighted by Gasteiger charge is -2.41. The molecular formula is C20H32O4. The summed E-state index contributed by atoms with van der Waals surface area (Å²) in [6, 6.07) is 0. The van der Waals surface area contributed by atoms with Gasteiger partial charge in [0.25, 0.3) is 0 Å². The summed E-state index contributed by atoms with van der Waals surface area (Å²) in [5.74, 6) is -0.705. The molecule has 7 atom stereocenters. The molecule has 0 amide bonds. The van der Waals surface area contributed by atoms with Crippen molar-refractivity contribution in [2.45, 2.75) is 83.2 Å². The van der Waals surface area contributed by atoms with Crippen LogP contribution in [0.5, 0.6) is 0 Å². The van der Waals surface area contributed by atoms with E-state index >= 15 is 0 Å². The van der Waals surface area contributed by atoms with Gasteiger partial charge in [-0.2, -0.15) is 0 Å². The third kappa shape index (κ3) is 2.77. The lowest BCUT2D eigenvalue weighted by Crippen LogP contribution is -2.50. The minimum Gasteiger partial charge on any atom is -0.393 e. The molecule has 1 unspecified atom stereocenters. The second kappa shape index (κ2) is 5.93. The van der Waals surface area contributed by atoms with Gasteiger partial charge in [0.2, 0.25) is 0 Å². The molecule has 136 valence electrons. The van der Waals surface area contributed by atoms with Crippen molar-refractivity contribution < 1.29 is 19.7 Å². The van der Waals surface area contributed by atoms with E-state index in [4.69, 9.17) is 4.74 Å². The van der Waals surface area contributed by atoms with E-state index < -0.39 is 23.2 Å². The molecule has 2 saturated heterocycles. The molecule has 24 heavy (non-hydrogen) atoms. The normalized spacial score (nSPS) is 49.5. The Hall–Kier alpha value is -0.710. The fourth-order valence-electron chi connectivity index (χ4n) is 5.46. The van der Waals surface area contributed by atoms with Gasteiger partial charge in [-0.25, -0.2) is 0 Å². The average Bonchev–Trinajstić information content (AvgIpc) is 2.95. The first-order chi connectivity index (χ1) is 11.1. The summed E-state index contributed by atoms with van der Waals surface area (Å²) < 4.78 is 6.34. The maximum absolute atomic E-state index is 13.4. The molecular weight excluding hydrogens is 304 g/mol. The molecule has 3 aliphatic rings. The van der Waals surface area contributed by atoms with Crippen LogP contribution in [0.25, 0.3) is 0 Å². The Kier molecular flexibility index (Phi) is 4.47. The minimum atomic E-state index is -1.17. The van der Waals surface area contributed by atoms with Crippen LogP contribution in [-0.2, 0) is 9.53 Å². The summed E-state index contributed by atoms with van der Waals surface area (Å²) in [6.45, 7) is 12.0. The van der Waals surface area contributed by atoms with Gasteiger partial charge >= 0.3 is 0 Å². The Balaban J connectivity index is 2.07. The van der Waals surface area contributed by atoms with Crippen LogP contribution >= 0.6 is 0 Å². The topological polar surface area (TPSA) is 66.8 Å². The first-order valence-electron chi connectivity index (χ1n) is 9.36. The molecule has 2 bridgehead atoms. The van der Waals surface area contributed by atoms with E-state index in [0.717, 1.165) is 31.3 Å². The number of rotatable bonds is 1. The lowest BCUT2D eigenvalue weighted by atomic mass is 9.69. The van der Waals surface area contributed by atoms with Crippen LogP contribution in [0.15, 0.2) is 12.2 Å². The second-order valence-electron chi connectivity index (χ2n) is 9.04. The number of carbonyl (C=O) groups is 1. The van der Waals surface area contributed by atoms with Gasteiger partial charge in [0.15, 0.2) is 0 Å². The van der Waals surface area contributed by atoms with Crippen LogP contribution in [-0.4, -0.2) is 39.4 Å². The van der Waals surface area contributed by atoms with Crippen LogP contribution in [0.2, 0.25) is 0 Å². The Bertz CT molecular complexity index is 538. The number of ether oxygens (including phenoxy) is 1. The van der Waals surface area contributed by atoms with Gasteiger partial charge < -0.3 is 14.9 Å². The van der Waals surface area contributed by atoms with E-state index in [9.17, 15) is 15.0 Å². The summed E-state index contributed by atoms with van der Waals surface area (Å²) in [7, 11) is 0. The Morgan fingerprint density at radius 3 is 2.58 bits per heavy atom. The van der Waals surface area contributed by atoms with Gasteiger partial charge in [0.05, 0.1) is 29.3 Å². The summed E-state index contributed by atoms with van der Waals surface area (Å²) >= 11 is 0. The molecule has 0 aromatic rings. The number of Topliss-reactive ketones (excluding diaryl/α,β-unsaturated/α-hetero) is 1. The molecule has 2 heterocycles. The Morgan fingerprint density at radius 2 is 1.96 bits per heavy atom. The van der Waals surface area contributed by atoms with Crippen molar-refractivity contribution in [1.82, 2.24) is 0 Å². The number of ketones is 1. The highest BCUT2D eigenvalue weighted by molar-refractivity contribution is 5.85. The predicted molar refractivity (Wildman–Crippen MR) is 92.4 cm³/mol. The first-order valence-corrected chi connectivity index (χ1v) is 9.36. The molecule has 0 aromatic heterocycles. The summed E-state index contributed by atoms with van der Waals surface area (Å²) in [4.78, 5) is 13.4. The van der Waals surface area contributed by atoms with Gasteiger partial charge in [-0.3, -0.25) is 4.79 Å². The monoisotopic (exact) mass is 336 g/mol. The van der Waals surface area contributed by atoms with Crippen LogP contribution in [0, 0.1) is 23.7 Å². The van der Waals surface area contributed by atoms with Crippen molar-refractivity contribution in [2.24, 2.45) is 23.7 Å². The number of hydrogen-bond acceptors (Lipinski definition) is 4. The van der Waals surface area contributed by atoms with Crippen molar-refractivity contribution in [1.29, 1.82) is 0 Å². The predicted octanol–water partition coefficient (Wildman–Crippen LogP) is 2.86. The molecule has 0 radical (unpaired) electrons.